The van der Waals surface area contributed by atoms with E-state index in [1.807, 2.05) is 18.3 Å². The van der Waals surface area contributed by atoms with Crippen LogP contribution in [-0.4, -0.2) is 73.3 Å². The molecule has 0 amide bonds. The predicted octanol–water partition coefficient (Wildman–Crippen LogP) is 0.939. The fraction of sp³-hybridized carbons (Fsp3) is 0.688. The van der Waals surface area contributed by atoms with Gasteiger partial charge >= 0.3 is 0 Å². The minimum absolute atomic E-state index is 0.558. The Hall–Kier alpha value is -1.22. The first-order valence-electron chi connectivity index (χ1n) is 8.56. The maximum atomic E-state index is 12.7. The van der Waals surface area contributed by atoms with Gasteiger partial charge in [0.05, 0.1) is 7.11 Å². The smallest absolute Gasteiger partial charge is 0.282 e. The fourth-order valence-electron chi connectivity index (χ4n) is 3.30. The number of aromatic nitrogens is 1. The van der Waals surface area contributed by atoms with Crippen molar-refractivity contribution >= 4 is 10.2 Å². The summed E-state index contributed by atoms with van der Waals surface area (Å²) >= 11 is 0. The highest BCUT2D eigenvalue weighted by Gasteiger charge is 2.32. The number of hydrogen-bond acceptors (Lipinski definition) is 5. The topological polar surface area (TPSA) is 66.0 Å². The molecule has 0 atom stereocenters. The Labute approximate surface area is 144 Å². The molecule has 2 fully saturated rings. The number of hydrogen-bond donors (Lipinski definition) is 0. The molecule has 24 heavy (non-hydrogen) atoms. The van der Waals surface area contributed by atoms with Gasteiger partial charge < -0.3 is 4.74 Å². The number of pyridine rings is 1. The molecule has 3 rings (SSSR count). The molecular weight excluding hydrogens is 328 g/mol. The molecule has 2 aliphatic heterocycles. The first-order chi connectivity index (χ1) is 11.6. The zero-order valence-corrected chi connectivity index (χ0v) is 15.0. The Morgan fingerprint density at radius 3 is 2.38 bits per heavy atom. The summed E-state index contributed by atoms with van der Waals surface area (Å²) < 4.78 is 33.7. The molecule has 0 unspecified atom stereocenters. The molecule has 8 heteroatoms. The van der Waals surface area contributed by atoms with Crippen LogP contribution in [0.2, 0.25) is 0 Å². The summed E-state index contributed by atoms with van der Waals surface area (Å²) in [6, 6.07) is 3.87. The van der Waals surface area contributed by atoms with Crippen LogP contribution in [0.1, 0.15) is 24.8 Å². The first kappa shape index (κ1) is 17.6. The lowest BCUT2D eigenvalue weighted by Crippen LogP contribution is -2.44. The molecule has 7 nitrogen and oxygen atoms in total. The summed E-state index contributed by atoms with van der Waals surface area (Å²) in [6.07, 6.45) is 4.63. The quantitative estimate of drug-likeness (QED) is 0.787. The van der Waals surface area contributed by atoms with E-state index in [9.17, 15) is 8.42 Å². The lowest BCUT2D eigenvalue weighted by atomic mass is 10.2. The molecule has 2 saturated heterocycles. The van der Waals surface area contributed by atoms with Crippen LogP contribution in [-0.2, 0) is 16.8 Å². The predicted molar refractivity (Wildman–Crippen MR) is 92.0 cm³/mol. The Morgan fingerprint density at radius 1 is 1.00 bits per heavy atom. The Bertz CT molecular complexity index is 629. The third kappa shape index (κ3) is 4.05. The summed E-state index contributed by atoms with van der Waals surface area (Å²) in [5.41, 5.74) is 1.12. The van der Waals surface area contributed by atoms with Gasteiger partial charge in [-0.05, 0) is 31.4 Å². The van der Waals surface area contributed by atoms with Crippen molar-refractivity contribution in [2.45, 2.75) is 25.8 Å². The van der Waals surface area contributed by atoms with Crippen LogP contribution in [0, 0.1) is 0 Å². The first-order valence-corrected chi connectivity index (χ1v) is 9.96. The zero-order valence-electron chi connectivity index (χ0n) is 14.2. The highest BCUT2D eigenvalue weighted by molar-refractivity contribution is 7.86. The minimum Gasteiger partial charge on any atom is -0.481 e. The third-order valence-electron chi connectivity index (χ3n) is 4.68. The van der Waals surface area contributed by atoms with Crippen molar-refractivity contribution in [2.75, 3.05) is 46.4 Å². The van der Waals surface area contributed by atoms with Crippen molar-refractivity contribution in [1.82, 2.24) is 18.5 Å². The molecule has 1 aromatic heterocycles. The van der Waals surface area contributed by atoms with E-state index in [-0.39, 0.29) is 0 Å². The molecule has 2 aliphatic rings. The van der Waals surface area contributed by atoms with E-state index in [4.69, 9.17) is 4.74 Å². The lowest BCUT2D eigenvalue weighted by Gasteiger charge is -2.26. The minimum atomic E-state index is -3.28. The molecular formula is C16H26N4O3S. The second kappa shape index (κ2) is 7.77. The van der Waals surface area contributed by atoms with Crippen LogP contribution in [0.15, 0.2) is 18.3 Å². The number of rotatable bonds is 5. The zero-order chi connectivity index (χ0) is 17.0. The standard InChI is InChI=1S/C16H26N4O3S/c1-23-16-6-5-15(13-17-16)14-18-7-4-10-20(12-11-18)24(21,22)19-8-2-3-9-19/h5-6,13H,2-4,7-12,14H2,1H3. The highest BCUT2D eigenvalue weighted by atomic mass is 32.2. The fourth-order valence-corrected chi connectivity index (χ4v) is 5.02. The highest BCUT2D eigenvalue weighted by Crippen LogP contribution is 2.19. The molecule has 0 bridgehead atoms. The molecule has 0 aromatic carbocycles. The van der Waals surface area contributed by atoms with Crippen LogP contribution in [0.5, 0.6) is 5.88 Å². The summed E-state index contributed by atoms with van der Waals surface area (Å²) in [4.78, 5) is 6.53. The average molecular weight is 354 g/mol. The molecule has 0 radical (unpaired) electrons. The normalized spacial score (nSPS) is 21.7. The van der Waals surface area contributed by atoms with Gasteiger partial charge in [-0.15, -0.1) is 0 Å². The van der Waals surface area contributed by atoms with Gasteiger partial charge in [-0.25, -0.2) is 4.98 Å². The van der Waals surface area contributed by atoms with Gasteiger partial charge in [0.2, 0.25) is 5.88 Å². The molecule has 3 heterocycles. The van der Waals surface area contributed by atoms with Crippen LogP contribution in [0.3, 0.4) is 0 Å². The molecule has 0 aliphatic carbocycles. The van der Waals surface area contributed by atoms with E-state index >= 15 is 0 Å². The molecule has 134 valence electrons. The van der Waals surface area contributed by atoms with Crippen molar-refractivity contribution in [3.63, 3.8) is 0 Å². The molecule has 0 N–H and O–H groups in total. The molecule has 0 spiro atoms. The summed E-state index contributed by atoms with van der Waals surface area (Å²) in [6.45, 7) is 4.94. The summed E-state index contributed by atoms with van der Waals surface area (Å²) in [5, 5.41) is 0. The van der Waals surface area contributed by atoms with Crippen LogP contribution >= 0.6 is 0 Å². The lowest BCUT2D eigenvalue weighted by molar-refractivity contribution is 0.276. The second-order valence-corrected chi connectivity index (χ2v) is 8.28. The monoisotopic (exact) mass is 354 g/mol. The van der Waals surface area contributed by atoms with E-state index in [1.165, 1.54) is 0 Å². The van der Waals surface area contributed by atoms with E-state index < -0.39 is 10.2 Å². The van der Waals surface area contributed by atoms with Gasteiger partial charge in [-0.2, -0.15) is 17.0 Å². The Balaban J connectivity index is 1.58. The van der Waals surface area contributed by atoms with Crippen molar-refractivity contribution in [3.8, 4) is 5.88 Å². The second-order valence-electron chi connectivity index (χ2n) is 6.35. The number of ether oxygens (including phenoxy) is 1. The van der Waals surface area contributed by atoms with Crippen LogP contribution in [0.4, 0.5) is 0 Å². The third-order valence-corrected chi connectivity index (χ3v) is 6.71. The van der Waals surface area contributed by atoms with Gasteiger partial charge in [0.1, 0.15) is 0 Å². The largest absolute Gasteiger partial charge is 0.481 e. The molecule has 1 aromatic rings. The summed E-state index contributed by atoms with van der Waals surface area (Å²) in [5.74, 6) is 0.609. The van der Waals surface area contributed by atoms with Crippen molar-refractivity contribution in [1.29, 1.82) is 0 Å². The van der Waals surface area contributed by atoms with Gasteiger partial charge in [0.15, 0.2) is 0 Å². The number of methoxy groups -OCH3 is 1. The van der Waals surface area contributed by atoms with E-state index in [0.29, 0.717) is 32.1 Å². The Morgan fingerprint density at radius 2 is 1.71 bits per heavy atom. The van der Waals surface area contributed by atoms with Gasteiger partial charge in [-0.1, -0.05) is 6.07 Å². The van der Waals surface area contributed by atoms with E-state index in [0.717, 1.165) is 44.5 Å². The van der Waals surface area contributed by atoms with Gasteiger partial charge in [0.25, 0.3) is 10.2 Å². The Kier molecular flexibility index (Phi) is 5.70. The van der Waals surface area contributed by atoms with Crippen molar-refractivity contribution in [3.05, 3.63) is 23.9 Å². The van der Waals surface area contributed by atoms with Crippen molar-refractivity contribution < 1.29 is 13.2 Å². The van der Waals surface area contributed by atoms with E-state index in [2.05, 4.69) is 9.88 Å². The SMILES string of the molecule is COc1ccc(CN2CCCN(S(=O)(=O)N3CCCC3)CC2)cn1. The van der Waals surface area contributed by atoms with Crippen LogP contribution in [0.25, 0.3) is 0 Å². The van der Waals surface area contributed by atoms with Crippen molar-refractivity contribution in [2.24, 2.45) is 0 Å². The van der Waals surface area contributed by atoms with Gasteiger partial charge in [-0.3, -0.25) is 4.90 Å². The average Bonchev–Trinajstić information content (AvgIpc) is 3.04. The number of nitrogens with zero attached hydrogens (tertiary/aromatic N) is 4. The summed E-state index contributed by atoms with van der Waals surface area (Å²) in [7, 11) is -1.68. The van der Waals surface area contributed by atoms with Gasteiger partial charge in [0, 0.05) is 51.5 Å². The maximum absolute atomic E-state index is 12.7. The molecule has 0 saturated carbocycles. The van der Waals surface area contributed by atoms with E-state index in [1.54, 1.807) is 15.7 Å². The maximum Gasteiger partial charge on any atom is 0.282 e. The van der Waals surface area contributed by atoms with Crippen LogP contribution < -0.4 is 4.74 Å².